The van der Waals surface area contributed by atoms with E-state index in [1.165, 1.54) is 0 Å². The molecule has 3 saturated carbocycles. The van der Waals surface area contributed by atoms with Crippen LogP contribution in [-0.2, 0) is 38.2 Å². The Hall–Kier alpha value is -3.08. The molecule has 220 valence electrons. The number of ether oxygens (including phenoxy) is 2. The Kier molecular flexibility index (Phi) is 8.27. The number of esters is 2. The van der Waals surface area contributed by atoms with Crippen LogP contribution >= 0.6 is 0 Å². The molecule has 4 aliphatic carbocycles. The van der Waals surface area contributed by atoms with Crippen LogP contribution in [0.1, 0.15) is 84.5 Å². The summed E-state index contributed by atoms with van der Waals surface area (Å²) in [5.74, 6) is -4.71. The average Bonchev–Trinajstić information content (AvgIpc) is 3.16. The number of aliphatic hydroxyl groups is 1. The lowest BCUT2D eigenvalue weighted by Gasteiger charge is -2.60. The van der Waals surface area contributed by atoms with E-state index in [0.29, 0.717) is 32.1 Å². The molecule has 0 bridgehead atoms. The summed E-state index contributed by atoms with van der Waals surface area (Å²) in [7, 11) is 0. The van der Waals surface area contributed by atoms with Gasteiger partial charge in [0.2, 0.25) is 5.78 Å². The lowest BCUT2D eigenvalue weighted by Crippen LogP contribution is -2.62. The van der Waals surface area contributed by atoms with Gasteiger partial charge in [0, 0.05) is 17.8 Å². The standard InChI is InChI=1S/C29H38O11/c1-27-11-9-17(30)13-16(27)3-4-18-19-10-12-29(38,21(31)15-39-24(36)7-5-22(32)33)28(19,2)14-20(26(18)27)40-25(37)8-6-23(34)35/h13,18-20,26,38H,3-12,14-15H2,1-2H3,(H,32,33)(H,34,35)/t18-,19-,20-,26+,27-,28-,29-/m0/s1. The molecule has 4 aliphatic rings. The van der Waals surface area contributed by atoms with Gasteiger partial charge in [0.05, 0.1) is 25.7 Å². The van der Waals surface area contributed by atoms with Crippen molar-refractivity contribution in [2.75, 3.05) is 6.61 Å². The maximum absolute atomic E-state index is 13.4. The summed E-state index contributed by atoms with van der Waals surface area (Å²) in [6.45, 7) is 3.20. The van der Waals surface area contributed by atoms with Crippen molar-refractivity contribution in [1.29, 1.82) is 0 Å². The van der Waals surface area contributed by atoms with Crippen molar-refractivity contribution in [2.45, 2.75) is 96.2 Å². The van der Waals surface area contributed by atoms with E-state index in [4.69, 9.17) is 19.7 Å². The van der Waals surface area contributed by atoms with Gasteiger partial charge in [-0.1, -0.05) is 19.4 Å². The zero-order chi connectivity index (χ0) is 29.5. The Morgan fingerprint density at radius 2 is 1.57 bits per heavy atom. The topological polar surface area (TPSA) is 182 Å². The highest BCUT2D eigenvalue weighted by Gasteiger charge is 2.69. The van der Waals surface area contributed by atoms with Crippen molar-refractivity contribution in [2.24, 2.45) is 28.6 Å². The summed E-state index contributed by atoms with van der Waals surface area (Å²) in [6, 6.07) is 0. The molecule has 0 amide bonds. The lowest BCUT2D eigenvalue weighted by molar-refractivity contribution is -0.197. The first-order valence-electron chi connectivity index (χ1n) is 14.0. The quantitative estimate of drug-likeness (QED) is 0.333. The van der Waals surface area contributed by atoms with Crippen LogP contribution in [0.5, 0.6) is 0 Å². The molecular formula is C29H38O11. The molecule has 0 spiro atoms. The second-order valence-electron chi connectivity index (χ2n) is 12.3. The summed E-state index contributed by atoms with van der Waals surface area (Å²) < 4.78 is 11.0. The van der Waals surface area contributed by atoms with E-state index in [9.17, 15) is 33.9 Å². The number of fused-ring (bicyclic) bond motifs is 5. The highest BCUT2D eigenvalue weighted by atomic mass is 16.5. The first kappa shape index (κ1) is 29.9. The highest BCUT2D eigenvalue weighted by molar-refractivity contribution is 5.92. The molecule has 0 aromatic rings. The number of hydrogen-bond acceptors (Lipinski definition) is 9. The number of Topliss-reactive ketones (excluding diaryl/α,β-unsaturated/α-hetero) is 1. The van der Waals surface area contributed by atoms with E-state index in [0.717, 1.165) is 5.57 Å². The van der Waals surface area contributed by atoms with Crippen molar-refractivity contribution in [3.63, 3.8) is 0 Å². The smallest absolute Gasteiger partial charge is 0.306 e. The zero-order valence-corrected chi connectivity index (χ0v) is 23.0. The molecule has 11 heteroatoms. The Morgan fingerprint density at radius 3 is 2.23 bits per heavy atom. The molecule has 3 N–H and O–H groups in total. The van der Waals surface area contributed by atoms with Gasteiger partial charge in [0.15, 0.2) is 12.4 Å². The molecule has 0 saturated heterocycles. The van der Waals surface area contributed by atoms with E-state index in [-0.39, 0.29) is 49.2 Å². The maximum Gasteiger partial charge on any atom is 0.306 e. The monoisotopic (exact) mass is 562 g/mol. The Morgan fingerprint density at radius 1 is 0.925 bits per heavy atom. The van der Waals surface area contributed by atoms with Crippen LogP contribution in [-0.4, -0.2) is 69.1 Å². The molecule has 0 aromatic heterocycles. The first-order chi connectivity index (χ1) is 18.7. The number of allylic oxidation sites excluding steroid dienone is 1. The Bertz CT molecular complexity index is 1140. The fraction of sp³-hybridized carbons (Fsp3) is 0.724. The molecule has 11 nitrogen and oxygen atoms in total. The van der Waals surface area contributed by atoms with Gasteiger partial charge in [-0.3, -0.25) is 28.8 Å². The van der Waals surface area contributed by atoms with Gasteiger partial charge in [-0.2, -0.15) is 0 Å². The number of carboxylic acid groups (broad SMARTS) is 2. The van der Waals surface area contributed by atoms with E-state index < -0.39 is 71.6 Å². The van der Waals surface area contributed by atoms with Crippen LogP contribution in [0.4, 0.5) is 0 Å². The number of carbonyl (C=O) groups excluding carboxylic acids is 4. The molecule has 40 heavy (non-hydrogen) atoms. The second-order valence-corrected chi connectivity index (χ2v) is 12.3. The highest BCUT2D eigenvalue weighted by Crippen LogP contribution is 2.68. The molecule has 4 rings (SSSR count). The number of rotatable bonds is 10. The molecule has 0 heterocycles. The minimum absolute atomic E-state index is 0.0219. The van der Waals surface area contributed by atoms with E-state index in [2.05, 4.69) is 6.92 Å². The Labute approximate surface area is 232 Å². The predicted octanol–water partition coefficient (Wildman–Crippen LogP) is 2.61. The van der Waals surface area contributed by atoms with Crippen LogP contribution in [0.15, 0.2) is 11.6 Å². The molecule has 0 aromatic carbocycles. The second kappa shape index (κ2) is 11.1. The fourth-order valence-electron chi connectivity index (χ4n) is 8.21. The largest absolute Gasteiger partial charge is 0.481 e. The first-order valence-corrected chi connectivity index (χ1v) is 14.0. The fourth-order valence-corrected chi connectivity index (χ4v) is 8.21. The van der Waals surface area contributed by atoms with Gasteiger partial charge in [0.1, 0.15) is 11.7 Å². The molecule has 0 unspecified atom stereocenters. The molecule has 0 radical (unpaired) electrons. The molecule has 0 aliphatic heterocycles. The van der Waals surface area contributed by atoms with Gasteiger partial charge < -0.3 is 24.8 Å². The average molecular weight is 563 g/mol. The summed E-state index contributed by atoms with van der Waals surface area (Å²) in [5, 5.41) is 29.7. The molecule has 3 fully saturated rings. The maximum atomic E-state index is 13.4. The van der Waals surface area contributed by atoms with Crippen LogP contribution in [0.2, 0.25) is 0 Å². The third-order valence-corrected chi connectivity index (χ3v) is 10.2. The van der Waals surface area contributed by atoms with Crippen molar-refractivity contribution in [1.82, 2.24) is 0 Å². The summed E-state index contributed by atoms with van der Waals surface area (Å²) in [6.07, 6.45) is 2.66. The van der Waals surface area contributed by atoms with Crippen LogP contribution in [0.25, 0.3) is 0 Å². The van der Waals surface area contributed by atoms with Crippen LogP contribution in [0, 0.1) is 28.6 Å². The van der Waals surface area contributed by atoms with Crippen LogP contribution in [0.3, 0.4) is 0 Å². The van der Waals surface area contributed by atoms with Crippen LogP contribution < -0.4 is 0 Å². The number of carboxylic acids is 2. The Balaban J connectivity index is 1.62. The third kappa shape index (κ3) is 5.32. The van der Waals surface area contributed by atoms with Gasteiger partial charge in [-0.15, -0.1) is 0 Å². The number of carbonyl (C=O) groups is 6. The minimum atomic E-state index is -1.86. The van der Waals surface area contributed by atoms with Gasteiger partial charge >= 0.3 is 23.9 Å². The summed E-state index contributed by atoms with van der Waals surface area (Å²) >= 11 is 0. The zero-order valence-electron chi connectivity index (χ0n) is 23.0. The summed E-state index contributed by atoms with van der Waals surface area (Å²) in [4.78, 5) is 72.2. The number of aliphatic carboxylic acids is 2. The van der Waals surface area contributed by atoms with Crippen molar-refractivity contribution < 1.29 is 53.6 Å². The van der Waals surface area contributed by atoms with E-state index in [1.54, 1.807) is 13.0 Å². The van der Waals surface area contributed by atoms with E-state index in [1.807, 2.05) is 0 Å². The molecular weight excluding hydrogens is 524 g/mol. The summed E-state index contributed by atoms with van der Waals surface area (Å²) in [5.41, 5.74) is -2.27. The van der Waals surface area contributed by atoms with Crippen molar-refractivity contribution in [3.8, 4) is 0 Å². The SMILES string of the molecule is C[C@]12CCC(=O)C=C1CC[C@@H]1[C@@H]2[C@@H](OC(=O)CCC(=O)O)C[C@@]2(C)[C@H]1CC[C@]2(O)C(=O)COC(=O)CCC(=O)O. The van der Waals surface area contributed by atoms with Crippen molar-refractivity contribution >= 4 is 35.4 Å². The number of ketones is 2. The predicted molar refractivity (Wildman–Crippen MR) is 137 cm³/mol. The lowest BCUT2D eigenvalue weighted by atomic mass is 9.45. The minimum Gasteiger partial charge on any atom is -0.481 e. The normalized spacial score (nSPS) is 36.4. The number of hydrogen-bond donors (Lipinski definition) is 3. The van der Waals surface area contributed by atoms with E-state index >= 15 is 0 Å². The van der Waals surface area contributed by atoms with Gasteiger partial charge in [-0.05, 0) is 61.9 Å². The molecule has 7 atom stereocenters. The van der Waals surface area contributed by atoms with Crippen molar-refractivity contribution in [3.05, 3.63) is 11.6 Å². The van der Waals surface area contributed by atoms with Gasteiger partial charge in [-0.25, -0.2) is 0 Å². The third-order valence-electron chi connectivity index (χ3n) is 10.2. The van der Waals surface area contributed by atoms with Gasteiger partial charge in [0.25, 0.3) is 0 Å².